The van der Waals surface area contributed by atoms with E-state index < -0.39 is 0 Å². The predicted octanol–water partition coefficient (Wildman–Crippen LogP) is 1.92. The summed E-state index contributed by atoms with van der Waals surface area (Å²) in [5, 5.41) is 14.9. The first-order valence-corrected chi connectivity index (χ1v) is 8.02. The zero-order chi connectivity index (χ0) is 15.8. The summed E-state index contributed by atoms with van der Waals surface area (Å²) in [6.07, 6.45) is 7.92. The van der Waals surface area contributed by atoms with E-state index in [1.165, 1.54) is 6.21 Å². The number of benzene rings is 1. The van der Waals surface area contributed by atoms with Gasteiger partial charge in [0.15, 0.2) is 0 Å². The number of para-hydroxylation sites is 1. The molecule has 1 aromatic rings. The molecule has 1 aliphatic heterocycles. The van der Waals surface area contributed by atoms with Gasteiger partial charge in [-0.3, -0.25) is 9.59 Å². The Kier molecular flexibility index (Phi) is 2.33. The predicted molar refractivity (Wildman–Crippen MR) is 82.3 cm³/mol. The summed E-state index contributed by atoms with van der Waals surface area (Å²) >= 11 is 0. The minimum Gasteiger partial charge on any atom is -0.507 e. The molecule has 0 aromatic heterocycles. The number of hydrazone groups is 1. The van der Waals surface area contributed by atoms with Crippen molar-refractivity contribution in [3.63, 3.8) is 0 Å². The SMILES string of the molecule is O=C1[C@@H]2[C@H](C(=O)N1/N=C\c1ccccc1O)[C@H]1C=C[C@H]2C12CC2. The quantitative estimate of drug-likeness (QED) is 0.515. The molecule has 5 heteroatoms. The van der Waals surface area contributed by atoms with E-state index in [0.717, 1.165) is 17.9 Å². The van der Waals surface area contributed by atoms with Crippen molar-refractivity contribution in [2.75, 3.05) is 0 Å². The Labute approximate surface area is 133 Å². The fourth-order valence-corrected chi connectivity index (χ4v) is 4.89. The Morgan fingerprint density at radius 3 is 2.26 bits per heavy atom. The van der Waals surface area contributed by atoms with Crippen molar-refractivity contribution >= 4 is 18.0 Å². The minimum absolute atomic E-state index is 0.0780. The molecule has 116 valence electrons. The molecule has 3 aliphatic carbocycles. The van der Waals surface area contributed by atoms with Crippen LogP contribution in [0.3, 0.4) is 0 Å². The number of phenolic OH excluding ortho intramolecular Hbond substituents is 1. The van der Waals surface area contributed by atoms with Gasteiger partial charge in [0, 0.05) is 5.56 Å². The second kappa shape index (κ2) is 4.10. The molecule has 1 saturated heterocycles. The molecule has 5 rings (SSSR count). The average Bonchev–Trinajstić information content (AvgIpc) is 3.15. The average molecular weight is 308 g/mol. The third kappa shape index (κ3) is 1.49. The Hall–Kier alpha value is -2.43. The van der Waals surface area contributed by atoms with Gasteiger partial charge < -0.3 is 5.11 Å². The lowest BCUT2D eigenvalue weighted by Gasteiger charge is -2.18. The van der Waals surface area contributed by atoms with Crippen LogP contribution in [0.4, 0.5) is 0 Å². The molecule has 5 nitrogen and oxygen atoms in total. The molecule has 1 spiro atoms. The minimum atomic E-state index is -0.235. The summed E-state index contributed by atoms with van der Waals surface area (Å²) in [6.45, 7) is 0. The number of amides is 2. The van der Waals surface area contributed by atoms with Crippen molar-refractivity contribution in [1.82, 2.24) is 5.01 Å². The van der Waals surface area contributed by atoms with E-state index in [9.17, 15) is 14.7 Å². The molecular formula is C18H16N2O3. The zero-order valence-electron chi connectivity index (χ0n) is 12.4. The van der Waals surface area contributed by atoms with E-state index in [4.69, 9.17) is 0 Å². The Morgan fingerprint density at radius 1 is 1.09 bits per heavy atom. The number of fused-ring (bicyclic) bond motifs is 3. The highest BCUT2D eigenvalue weighted by molar-refractivity contribution is 6.07. The van der Waals surface area contributed by atoms with Crippen LogP contribution in [0.15, 0.2) is 41.5 Å². The first kappa shape index (κ1) is 13.0. The summed E-state index contributed by atoms with van der Waals surface area (Å²) in [7, 11) is 0. The van der Waals surface area contributed by atoms with Gasteiger partial charge in [-0.15, -0.1) is 0 Å². The largest absolute Gasteiger partial charge is 0.507 e. The molecule has 1 heterocycles. The van der Waals surface area contributed by atoms with E-state index in [0.29, 0.717) is 5.56 Å². The maximum absolute atomic E-state index is 12.7. The number of carbonyl (C=O) groups is 2. The van der Waals surface area contributed by atoms with Crippen LogP contribution in [0.5, 0.6) is 5.75 Å². The summed E-state index contributed by atoms with van der Waals surface area (Å²) in [6, 6.07) is 6.71. The van der Waals surface area contributed by atoms with Gasteiger partial charge in [0.2, 0.25) is 0 Å². The molecule has 2 amide bonds. The van der Waals surface area contributed by atoms with Crippen molar-refractivity contribution in [3.8, 4) is 5.75 Å². The molecule has 3 fully saturated rings. The molecular weight excluding hydrogens is 292 g/mol. The van der Waals surface area contributed by atoms with Crippen LogP contribution in [-0.4, -0.2) is 28.1 Å². The number of hydrogen-bond donors (Lipinski definition) is 1. The lowest BCUT2D eigenvalue weighted by molar-refractivity contribution is -0.141. The van der Waals surface area contributed by atoms with Gasteiger partial charge in [-0.25, -0.2) is 0 Å². The second-order valence-corrected chi connectivity index (χ2v) is 7.01. The summed E-state index contributed by atoms with van der Waals surface area (Å²) in [4.78, 5) is 25.4. The molecule has 0 unspecified atom stereocenters. The van der Waals surface area contributed by atoms with Gasteiger partial charge in [0.25, 0.3) is 11.8 Å². The first-order chi connectivity index (χ1) is 11.1. The second-order valence-electron chi connectivity index (χ2n) is 7.01. The van der Waals surface area contributed by atoms with Crippen LogP contribution in [0.1, 0.15) is 18.4 Å². The number of aromatic hydroxyl groups is 1. The summed E-state index contributed by atoms with van der Waals surface area (Å²) in [5.41, 5.74) is 0.693. The van der Waals surface area contributed by atoms with Gasteiger partial charge in [-0.1, -0.05) is 24.3 Å². The van der Waals surface area contributed by atoms with Crippen molar-refractivity contribution in [1.29, 1.82) is 0 Å². The maximum atomic E-state index is 12.7. The molecule has 2 bridgehead atoms. The van der Waals surface area contributed by atoms with Gasteiger partial charge in [-0.2, -0.15) is 10.1 Å². The lowest BCUT2D eigenvalue weighted by atomic mass is 9.85. The topological polar surface area (TPSA) is 70.0 Å². The van der Waals surface area contributed by atoms with Crippen LogP contribution in [-0.2, 0) is 9.59 Å². The number of allylic oxidation sites excluding steroid dienone is 2. The molecule has 1 aromatic carbocycles. The normalized spacial score (nSPS) is 35.7. The zero-order valence-corrected chi connectivity index (χ0v) is 12.4. The molecule has 4 atom stereocenters. The van der Waals surface area contributed by atoms with E-state index >= 15 is 0 Å². The monoisotopic (exact) mass is 308 g/mol. The van der Waals surface area contributed by atoms with E-state index in [1.54, 1.807) is 24.3 Å². The van der Waals surface area contributed by atoms with Crippen molar-refractivity contribution in [2.45, 2.75) is 12.8 Å². The van der Waals surface area contributed by atoms with Crippen molar-refractivity contribution in [2.24, 2.45) is 34.2 Å². The molecule has 23 heavy (non-hydrogen) atoms. The summed E-state index contributed by atoms with van der Waals surface area (Å²) < 4.78 is 0. The first-order valence-electron chi connectivity index (χ1n) is 8.02. The highest BCUT2D eigenvalue weighted by Crippen LogP contribution is 2.73. The Morgan fingerprint density at radius 2 is 1.70 bits per heavy atom. The number of phenols is 1. The molecule has 2 saturated carbocycles. The third-order valence-electron chi connectivity index (χ3n) is 6.08. The highest BCUT2D eigenvalue weighted by atomic mass is 16.3. The fourth-order valence-electron chi connectivity index (χ4n) is 4.89. The Bertz CT molecular complexity index is 759. The molecule has 0 radical (unpaired) electrons. The van der Waals surface area contributed by atoms with Crippen LogP contribution in [0.25, 0.3) is 0 Å². The number of carbonyl (C=O) groups excluding carboxylic acids is 2. The fraction of sp³-hybridized carbons (Fsp3) is 0.389. The van der Waals surface area contributed by atoms with Crippen molar-refractivity contribution in [3.05, 3.63) is 42.0 Å². The number of rotatable bonds is 2. The van der Waals surface area contributed by atoms with Crippen LogP contribution in [0, 0.1) is 29.1 Å². The number of imide groups is 1. The van der Waals surface area contributed by atoms with Gasteiger partial charge in [0.1, 0.15) is 5.75 Å². The summed E-state index contributed by atoms with van der Waals surface area (Å²) in [5.74, 6) is -0.347. The number of hydrogen-bond acceptors (Lipinski definition) is 4. The standard InChI is InChI=1S/C18H16N2O3/c21-13-4-2-1-3-10(13)9-19-20-16(22)14-11-5-6-12(15(14)17(20)23)18(11)7-8-18/h1-6,9,11-12,14-15,21H,7-8H2/b19-9-/t11-,12-,14-,15+/m1/s1. The van der Waals surface area contributed by atoms with Crippen LogP contribution < -0.4 is 0 Å². The third-order valence-corrected chi connectivity index (χ3v) is 6.08. The maximum Gasteiger partial charge on any atom is 0.254 e. The number of nitrogens with zero attached hydrogens (tertiary/aromatic N) is 2. The van der Waals surface area contributed by atoms with E-state index in [2.05, 4.69) is 17.3 Å². The van der Waals surface area contributed by atoms with Crippen molar-refractivity contribution < 1.29 is 14.7 Å². The van der Waals surface area contributed by atoms with E-state index in [1.807, 2.05) is 0 Å². The van der Waals surface area contributed by atoms with Gasteiger partial charge in [-0.05, 0) is 42.2 Å². The van der Waals surface area contributed by atoms with Gasteiger partial charge >= 0.3 is 0 Å². The van der Waals surface area contributed by atoms with Crippen LogP contribution in [0.2, 0.25) is 0 Å². The molecule has 1 N–H and O–H groups in total. The van der Waals surface area contributed by atoms with Crippen LogP contribution >= 0.6 is 0 Å². The van der Waals surface area contributed by atoms with Gasteiger partial charge in [0.05, 0.1) is 18.1 Å². The smallest absolute Gasteiger partial charge is 0.254 e. The van der Waals surface area contributed by atoms with E-state index in [-0.39, 0.29) is 46.7 Å². The Balaban J connectivity index is 1.46. The molecule has 4 aliphatic rings. The lowest BCUT2D eigenvalue weighted by Crippen LogP contribution is -2.30. The highest BCUT2D eigenvalue weighted by Gasteiger charge is 2.73.